The molecule has 30 heavy (non-hydrogen) atoms. The molecule has 0 saturated carbocycles. The van der Waals surface area contributed by atoms with Gasteiger partial charge in [0.15, 0.2) is 0 Å². The van der Waals surface area contributed by atoms with E-state index in [0.29, 0.717) is 5.75 Å². The number of hydrogen-bond donors (Lipinski definition) is 3. The predicted octanol–water partition coefficient (Wildman–Crippen LogP) is 4.23. The van der Waals surface area contributed by atoms with Crippen LogP contribution in [0.25, 0.3) is 0 Å². The van der Waals surface area contributed by atoms with Crippen LogP contribution in [0.4, 0.5) is 0 Å². The smallest absolute Gasteiger partial charge is 0.327 e. The summed E-state index contributed by atoms with van der Waals surface area (Å²) in [5, 5.41) is 14.2. The highest BCUT2D eigenvalue weighted by atomic mass is 32.2. The molecule has 3 N–H and O–H groups in total. The molecular weight excluding hydrogens is 400 g/mol. The van der Waals surface area contributed by atoms with Gasteiger partial charge in [-0.2, -0.15) is 11.8 Å². The van der Waals surface area contributed by atoms with Crippen molar-refractivity contribution in [3.8, 4) is 0 Å². The van der Waals surface area contributed by atoms with Crippen molar-refractivity contribution >= 4 is 29.5 Å². The third-order valence-electron chi connectivity index (χ3n) is 4.38. The van der Waals surface area contributed by atoms with Gasteiger partial charge in [0.1, 0.15) is 12.1 Å². The average molecular weight is 439 g/mol. The van der Waals surface area contributed by atoms with Crippen LogP contribution in [0.3, 0.4) is 0 Å². The first kappa shape index (κ1) is 28.0. The van der Waals surface area contributed by atoms with E-state index in [9.17, 15) is 19.5 Å². The Morgan fingerprint density at radius 1 is 0.900 bits per heavy atom. The van der Waals surface area contributed by atoms with Crippen LogP contribution in [0.15, 0.2) is 34.9 Å². The zero-order chi connectivity index (χ0) is 23.1. The molecule has 2 atom stereocenters. The summed E-state index contributed by atoms with van der Waals surface area (Å²) in [6, 6.07) is -1.76. The fraction of sp³-hybridized carbons (Fsp3) is 0.609. The van der Waals surface area contributed by atoms with E-state index in [1.54, 1.807) is 0 Å². The number of carbonyl (C=O) groups is 3. The van der Waals surface area contributed by atoms with Crippen LogP contribution < -0.4 is 10.6 Å². The van der Waals surface area contributed by atoms with Gasteiger partial charge in [-0.25, -0.2) is 4.79 Å². The highest BCUT2D eigenvalue weighted by molar-refractivity contribution is 7.99. The highest BCUT2D eigenvalue weighted by Gasteiger charge is 2.23. The molecule has 0 aromatic rings. The zero-order valence-electron chi connectivity index (χ0n) is 19.2. The van der Waals surface area contributed by atoms with Crippen LogP contribution in [0, 0.1) is 0 Å². The number of nitrogens with one attached hydrogen (secondary N) is 2. The van der Waals surface area contributed by atoms with Gasteiger partial charge in [-0.05, 0) is 60.3 Å². The number of hydrogen-bond acceptors (Lipinski definition) is 4. The van der Waals surface area contributed by atoms with Crippen molar-refractivity contribution in [1.29, 1.82) is 0 Å². The molecule has 0 aliphatic heterocycles. The molecule has 0 heterocycles. The molecule has 170 valence electrons. The summed E-state index contributed by atoms with van der Waals surface area (Å²) < 4.78 is 0. The van der Waals surface area contributed by atoms with E-state index in [0.717, 1.165) is 25.7 Å². The number of allylic oxidation sites excluding steroid dienone is 5. The summed E-state index contributed by atoms with van der Waals surface area (Å²) in [5.74, 6) is -0.966. The molecule has 0 aliphatic carbocycles. The molecule has 2 amide bonds. The van der Waals surface area contributed by atoms with E-state index < -0.39 is 24.0 Å². The van der Waals surface area contributed by atoms with E-state index in [2.05, 4.69) is 56.6 Å². The van der Waals surface area contributed by atoms with Crippen LogP contribution in [0.5, 0.6) is 0 Å². The lowest BCUT2D eigenvalue weighted by Gasteiger charge is -2.17. The minimum atomic E-state index is -1.08. The van der Waals surface area contributed by atoms with E-state index in [1.165, 1.54) is 42.3 Å². The first-order chi connectivity index (χ1) is 14.0. The fourth-order valence-corrected chi connectivity index (χ4v) is 3.57. The molecular formula is C23H38N2O4S. The van der Waals surface area contributed by atoms with Crippen molar-refractivity contribution in [2.45, 2.75) is 79.3 Å². The third kappa shape index (κ3) is 14.9. The van der Waals surface area contributed by atoms with Crippen molar-refractivity contribution < 1.29 is 19.5 Å². The van der Waals surface area contributed by atoms with Gasteiger partial charge in [-0.3, -0.25) is 9.59 Å². The molecule has 0 unspecified atom stereocenters. The zero-order valence-corrected chi connectivity index (χ0v) is 20.0. The Balaban J connectivity index is 4.31. The largest absolute Gasteiger partial charge is 0.480 e. The minimum Gasteiger partial charge on any atom is -0.480 e. The lowest BCUT2D eigenvalue weighted by atomic mass is 10.1. The average Bonchev–Trinajstić information content (AvgIpc) is 2.62. The molecule has 0 saturated heterocycles. The summed E-state index contributed by atoms with van der Waals surface area (Å²) >= 11 is 1.46. The lowest BCUT2D eigenvalue weighted by molar-refractivity contribution is -0.141. The van der Waals surface area contributed by atoms with Crippen LogP contribution in [0.1, 0.15) is 67.2 Å². The quantitative estimate of drug-likeness (QED) is 0.279. The topological polar surface area (TPSA) is 95.5 Å². The van der Waals surface area contributed by atoms with Gasteiger partial charge < -0.3 is 15.7 Å². The van der Waals surface area contributed by atoms with Gasteiger partial charge in [0.25, 0.3) is 0 Å². The molecule has 0 aromatic heterocycles. The number of aliphatic carboxylic acids is 1. The van der Waals surface area contributed by atoms with Crippen molar-refractivity contribution in [3.05, 3.63) is 34.9 Å². The Labute approximate surface area is 185 Å². The number of thioether (sulfide) groups is 1. The van der Waals surface area contributed by atoms with Crippen LogP contribution in [-0.4, -0.2) is 46.5 Å². The highest BCUT2D eigenvalue weighted by Crippen LogP contribution is 2.13. The Bertz CT molecular complexity index is 664. The van der Waals surface area contributed by atoms with Crippen LogP contribution in [-0.2, 0) is 14.4 Å². The van der Waals surface area contributed by atoms with Crippen molar-refractivity contribution in [1.82, 2.24) is 10.6 Å². The normalized spacial score (nSPS) is 13.9. The summed E-state index contributed by atoms with van der Waals surface area (Å²) in [7, 11) is 0. The Hall–Kier alpha value is -2.02. The first-order valence-electron chi connectivity index (χ1n) is 10.4. The Morgan fingerprint density at radius 2 is 1.47 bits per heavy atom. The van der Waals surface area contributed by atoms with Gasteiger partial charge >= 0.3 is 5.97 Å². The molecule has 0 bridgehead atoms. The SMILES string of the molecule is CC(=O)N[C@H](C)C(=O)N[C@@H](CSC/C=C(\C)CC/C=C(\C)CCC=C(C)C)C(=O)O. The summed E-state index contributed by atoms with van der Waals surface area (Å²) in [5.41, 5.74) is 4.03. The van der Waals surface area contributed by atoms with E-state index >= 15 is 0 Å². The number of carboxylic acids is 1. The fourth-order valence-electron chi connectivity index (χ4n) is 2.57. The lowest BCUT2D eigenvalue weighted by Crippen LogP contribution is -2.50. The maximum atomic E-state index is 12.0. The van der Waals surface area contributed by atoms with E-state index in [-0.39, 0.29) is 11.7 Å². The number of carbonyl (C=O) groups excluding carboxylic acids is 2. The monoisotopic (exact) mass is 438 g/mol. The van der Waals surface area contributed by atoms with Crippen molar-refractivity contribution in [2.24, 2.45) is 0 Å². The molecule has 0 rings (SSSR count). The first-order valence-corrected chi connectivity index (χ1v) is 11.5. The second-order valence-electron chi connectivity index (χ2n) is 7.82. The Morgan fingerprint density at radius 3 is 2.00 bits per heavy atom. The maximum absolute atomic E-state index is 12.0. The van der Waals surface area contributed by atoms with E-state index in [1.807, 2.05) is 0 Å². The van der Waals surface area contributed by atoms with Gasteiger partial charge in [-0.15, -0.1) is 0 Å². The summed E-state index contributed by atoms with van der Waals surface area (Å²) in [6.07, 6.45) is 10.8. The standard InChI is InChI=1S/C23H38N2O4S/c1-16(2)9-7-10-17(3)11-8-12-18(4)13-14-30-15-21(23(28)29)25-22(27)19(5)24-20(6)26/h9,11,13,19,21H,7-8,10,12,14-15H2,1-6H3,(H,24,26)(H,25,27)(H,28,29)/b17-11+,18-13+/t19-,21+/m1/s1. The molecule has 0 aromatic carbocycles. The second-order valence-corrected chi connectivity index (χ2v) is 8.89. The number of amides is 2. The molecule has 0 radical (unpaired) electrons. The summed E-state index contributed by atoms with van der Waals surface area (Å²) in [4.78, 5) is 34.4. The van der Waals surface area contributed by atoms with Gasteiger partial charge in [0.2, 0.25) is 11.8 Å². The van der Waals surface area contributed by atoms with Crippen molar-refractivity contribution in [2.75, 3.05) is 11.5 Å². The predicted molar refractivity (Wildman–Crippen MR) is 126 cm³/mol. The minimum absolute atomic E-state index is 0.265. The van der Waals surface area contributed by atoms with Gasteiger partial charge in [-0.1, -0.05) is 34.9 Å². The van der Waals surface area contributed by atoms with Gasteiger partial charge in [0.05, 0.1) is 0 Å². The van der Waals surface area contributed by atoms with Crippen LogP contribution >= 0.6 is 11.8 Å². The molecule has 0 aliphatic rings. The van der Waals surface area contributed by atoms with Crippen molar-refractivity contribution in [3.63, 3.8) is 0 Å². The molecule has 0 fully saturated rings. The molecule has 6 nitrogen and oxygen atoms in total. The Kier molecular flexibility index (Phi) is 14.7. The molecule has 7 heteroatoms. The number of carboxylic acid groups (broad SMARTS) is 1. The van der Waals surface area contributed by atoms with Gasteiger partial charge in [0, 0.05) is 18.4 Å². The molecule has 0 spiro atoms. The maximum Gasteiger partial charge on any atom is 0.327 e. The number of rotatable bonds is 14. The second kappa shape index (κ2) is 15.8. The summed E-state index contributed by atoms with van der Waals surface area (Å²) in [6.45, 7) is 11.3. The van der Waals surface area contributed by atoms with Crippen LogP contribution in [0.2, 0.25) is 0 Å². The third-order valence-corrected chi connectivity index (χ3v) is 5.36. The van der Waals surface area contributed by atoms with E-state index in [4.69, 9.17) is 0 Å².